The lowest BCUT2D eigenvalue weighted by Crippen LogP contribution is -2.30. The highest BCUT2D eigenvalue weighted by molar-refractivity contribution is 7.47. The fraction of sp³-hybridized carbons (Fsp3) is 0.646. The lowest BCUT2D eigenvalue weighted by molar-refractivity contribution is -0.161. The Balaban J connectivity index is 5.46. The molecule has 0 aliphatic heterocycles. The number of aliphatic hydroxyl groups is 1. The molecule has 0 spiro atoms. The minimum atomic E-state index is -5.00. The number of esters is 4. The maximum Gasteiger partial charge on any atom is 0.472 e. The minimum Gasteiger partial charge on any atom is -0.462 e. The van der Waals surface area contributed by atoms with E-state index in [1.165, 1.54) is 51.4 Å². The zero-order valence-corrected chi connectivity index (χ0v) is 62.4. The molecule has 0 amide bonds. The van der Waals surface area contributed by atoms with Crippen molar-refractivity contribution in [1.29, 1.82) is 0 Å². The molecule has 17 nitrogen and oxygen atoms in total. The molecule has 0 heterocycles. The van der Waals surface area contributed by atoms with Gasteiger partial charge in [-0.25, -0.2) is 9.13 Å². The summed E-state index contributed by atoms with van der Waals surface area (Å²) in [5.74, 6) is -2.42. The number of carbonyl (C=O) groups excluding carboxylic acids is 4. The van der Waals surface area contributed by atoms with Crippen LogP contribution in [0.1, 0.15) is 272 Å². The Morgan fingerprint density at radius 3 is 0.980 bits per heavy atom. The third-order valence-corrected chi connectivity index (χ3v) is 16.7. The van der Waals surface area contributed by atoms with Gasteiger partial charge in [-0.15, -0.1) is 0 Å². The molecule has 98 heavy (non-hydrogen) atoms. The minimum absolute atomic E-state index is 0.0608. The van der Waals surface area contributed by atoms with Crippen LogP contribution < -0.4 is 0 Å². The van der Waals surface area contributed by atoms with Crippen LogP contribution in [-0.4, -0.2) is 96.7 Å². The van der Waals surface area contributed by atoms with Crippen LogP contribution in [0.25, 0.3) is 0 Å². The zero-order valence-electron chi connectivity index (χ0n) is 60.7. The average Bonchev–Trinajstić information content (AvgIpc) is 0.986. The normalized spacial score (nSPS) is 14.8. The van der Waals surface area contributed by atoms with Crippen molar-refractivity contribution in [2.75, 3.05) is 39.6 Å². The highest BCUT2D eigenvalue weighted by Crippen LogP contribution is 2.45. The summed E-state index contributed by atoms with van der Waals surface area (Å²) in [6.45, 7) is 4.37. The van der Waals surface area contributed by atoms with E-state index < -0.39 is 97.5 Å². The van der Waals surface area contributed by atoms with Crippen molar-refractivity contribution in [3.63, 3.8) is 0 Å². The van der Waals surface area contributed by atoms with Crippen LogP contribution in [0.4, 0.5) is 0 Å². The molecule has 0 rings (SSSR count). The summed E-state index contributed by atoms with van der Waals surface area (Å²) in [4.78, 5) is 72.6. The van der Waals surface area contributed by atoms with Crippen LogP contribution >= 0.6 is 15.6 Å². The van der Waals surface area contributed by atoms with E-state index in [-0.39, 0.29) is 25.7 Å². The smallest absolute Gasteiger partial charge is 0.462 e. The van der Waals surface area contributed by atoms with E-state index in [1.807, 2.05) is 30.4 Å². The van der Waals surface area contributed by atoms with Crippen molar-refractivity contribution in [3.05, 3.63) is 146 Å². The summed E-state index contributed by atoms with van der Waals surface area (Å²) >= 11 is 0. The van der Waals surface area contributed by atoms with E-state index >= 15 is 0 Å². The molecule has 0 bridgehead atoms. The summed E-state index contributed by atoms with van der Waals surface area (Å²) in [6, 6.07) is 0. The Bertz CT molecular complexity index is 2430. The zero-order chi connectivity index (χ0) is 71.8. The number of ether oxygens (including phenoxy) is 4. The molecule has 0 aliphatic rings. The summed E-state index contributed by atoms with van der Waals surface area (Å²) in [6.07, 6.45) is 78.9. The highest BCUT2D eigenvalue weighted by atomic mass is 31.2. The number of hydrogen-bond acceptors (Lipinski definition) is 15. The number of phosphoric ester groups is 2. The quantitative estimate of drug-likeness (QED) is 0.0169. The van der Waals surface area contributed by atoms with Gasteiger partial charge in [-0.2, -0.15) is 0 Å². The molecular weight excluding hydrogens is 1280 g/mol. The predicted molar refractivity (Wildman–Crippen MR) is 399 cm³/mol. The van der Waals surface area contributed by atoms with E-state index in [1.54, 1.807) is 6.08 Å². The number of aliphatic hydroxyl groups excluding tert-OH is 1. The van der Waals surface area contributed by atoms with Crippen molar-refractivity contribution in [2.24, 2.45) is 0 Å². The molecule has 0 aliphatic carbocycles. The third-order valence-electron chi connectivity index (χ3n) is 14.8. The van der Waals surface area contributed by atoms with Crippen molar-refractivity contribution in [1.82, 2.24) is 0 Å². The van der Waals surface area contributed by atoms with Crippen molar-refractivity contribution in [3.8, 4) is 0 Å². The summed E-state index contributed by atoms with van der Waals surface area (Å²) in [7, 11) is -10.00. The maximum atomic E-state index is 13.1. The van der Waals surface area contributed by atoms with Gasteiger partial charge in [0, 0.05) is 19.3 Å². The van der Waals surface area contributed by atoms with E-state index in [4.69, 9.17) is 37.0 Å². The molecular formula is C79H130O17P2. The SMILES string of the molecule is CC/C=C\C/C=C\C/C=C\C/C=C\C/C=C\CCCC(=O)OCC(COP(=O)(O)OCC(O)COP(=O)(O)OCC(COC(=O)C/C=C\C/C=C\C/C=C\C/C=C\C/C=C\CC)OC(=O)CCCCCCC/C=C\CCCCCCCC)OC(=O)CCCCCCC/C=C\CCCC. The molecule has 558 valence electrons. The Kier molecular flexibility index (Phi) is 66.7. The van der Waals surface area contributed by atoms with Gasteiger partial charge in [-0.3, -0.25) is 37.3 Å². The number of hydrogen-bond donors (Lipinski definition) is 3. The van der Waals surface area contributed by atoms with Gasteiger partial charge < -0.3 is 33.8 Å². The van der Waals surface area contributed by atoms with E-state index in [0.29, 0.717) is 32.1 Å². The van der Waals surface area contributed by atoms with Gasteiger partial charge in [0.15, 0.2) is 12.2 Å². The standard InChI is InChI=1S/C79H130O17P2/c1-5-9-13-17-21-25-29-32-35-36-39-41-45-48-52-56-60-64-77(82)89-69-74(95-78(83)65-61-57-53-49-43-28-24-20-16-12-8-4)71-93-97(85,86)91-67-73(80)68-92-98(87,88)94-72-75(96-79(84)66-62-58-54-50-46-42-38-34-31-27-23-19-15-11-7-3)70-90-76(81)63-59-55-51-47-44-40-37-33-30-26-22-18-14-10-6-2/h9-10,13-14,20-22,24-26,32-35,37-39,41,44,47-48,52,55,59,73-75,80H,5-8,11-12,15-19,23,27-31,36,40,42-43,45-46,49-51,53-54,56-58,60-72H2,1-4H3,(H,85,86)(H,87,88)/b13-9-,14-10-,24-20-,25-21-,26-22-,35-32-,37-33-,38-34-,41-39-,47-44-,52-48-,59-55-. The van der Waals surface area contributed by atoms with Crippen LogP contribution in [0.3, 0.4) is 0 Å². The molecule has 5 atom stereocenters. The largest absolute Gasteiger partial charge is 0.472 e. The molecule has 0 aromatic carbocycles. The predicted octanol–water partition coefficient (Wildman–Crippen LogP) is 21.1. The molecule has 0 aromatic heterocycles. The van der Waals surface area contributed by atoms with Gasteiger partial charge in [0.05, 0.1) is 32.8 Å². The fourth-order valence-corrected chi connectivity index (χ4v) is 10.8. The first-order chi connectivity index (χ1) is 47.7. The first-order valence-electron chi connectivity index (χ1n) is 37.1. The fourth-order valence-electron chi connectivity index (χ4n) is 9.19. The molecule has 0 saturated heterocycles. The number of allylic oxidation sites excluding steroid dienone is 23. The lowest BCUT2D eigenvalue weighted by Gasteiger charge is -2.21. The number of unbranched alkanes of at least 4 members (excludes halogenated alkanes) is 19. The molecule has 19 heteroatoms. The van der Waals surface area contributed by atoms with Crippen LogP contribution in [0.5, 0.6) is 0 Å². The molecule has 0 aromatic rings. The van der Waals surface area contributed by atoms with Crippen LogP contribution in [0.15, 0.2) is 146 Å². The molecule has 5 unspecified atom stereocenters. The molecule has 0 radical (unpaired) electrons. The van der Waals surface area contributed by atoms with Crippen LogP contribution in [0, 0.1) is 0 Å². The number of carbonyl (C=O) groups is 4. The van der Waals surface area contributed by atoms with E-state index in [0.717, 1.165) is 135 Å². The van der Waals surface area contributed by atoms with E-state index in [2.05, 4.69) is 137 Å². The average molecular weight is 1410 g/mol. The Labute approximate surface area is 592 Å². The summed E-state index contributed by atoms with van der Waals surface area (Å²) in [5.41, 5.74) is 0. The topological polar surface area (TPSA) is 237 Å². The summed E-state index contributed by atoms with van der Waals surface area (Å²) < 4.78 is 68.2. The highest BCUT2D eigenvalue weighted by Gasteiger charge is 2.30. The van der Waals surface area contributed by atoms with Crippen molar-refractivity contribution < 1.29 is 80.2 Å². The molecule has 0 saturated carbocycles. The first-order valence-corrected chi connectivity index (χ1v) is 40.1. The second kappa shape index (κ2) is 70.4. The van der Waals surface area contributed by atoms with Crippen LogP contribution in [0.2, 0.25) is 0 Å². The molecule has 0 fully saturated rings. The van der Waals surface area contributed by atoms with Crippen LogP contribution in [-0.2, 0) is 65.4 Å². The Morgan fingerprint density at radius 1 is 0.306 bits per heavy atom. The molecule has 3 N–H and O–H groups in total. The van der Waals surface area contributed by atoms with E-state index in [9.17, 15) is 43.2 Å². The van der Waals surface area contributed by atoms with Gasteiger partial charge in [0.1, 0.15) is 19.3 Å². The second-order valence-electron chi connectivity index (χ2n) is 24.1. The summed E-state index contributed by atoms with van der Waals surface area (Å²) in [5, 5.41) is 10.6. The third kappa shape index (κ3) is 69.4. The van der Waals surface area contributed by atoms with Gasteiger partial charge in [-0.1, -0.05) is 257 Å². The first kappa shape index (κ1) is 92.9. The van der Waals surface area contributed by atoms with Crippen molar-refractivity contribution in [2.45, 2.75) is 290 Å². The number of rotatable bonds is 68. The Hall–Kier alpha value is -5.06. The second-order valence-corrected chi connectivity index (χ2v) is 27.0. The van der Waals surface area contributed by atoms with Gasteiger partial charge >= 0.3 is 39.5 Å². The maximum absolute atomic E-state index is 13.1. The van der Waals surface area contributed by atoms with Crippen molar-refractivity contribution >= 4 is 39.5 Å². The monoisotopic (exact) mass is 1410 g/mol. The Morgan fingerprint density at radius 2 is 0.592 bits per heavy atom. The van der Waals surface area contributed by atoms with Gasteiger partial charge in [0.2, 0.25) is 0 Å². The number of phosphoric acid groups is 2. The van der Waals surface area contributed by atoms with Gasteiger partial charge in [0.25, 0.3) is 0 Å². The lowest BCUT2D eigenvalue weighted by atomic mass is 10.1. The van der Waals surface area contributed by atoms with Gasteiger partial charge in [-0.05, 0) is 135 Å².